The average Bonchev–Trinajstić information content (AvgIpc) is 2.93. The summed E-state index contributed by atoms with van der Waals surface area (Å²) in [4.78, 5) is 23.0. The number of nitrogens with one attached hydrogen (secondary N) is 1. The van der Waals surface area contributed by atoms with E-state index in [0.29, 0.717) is 31.7 Å². The lowest BCUT2D eigenvalue weighted by Crippen LogP contribution is -2.50. The van der Waals surface area contributed by atoms with Gasteiger partial charge in [0.25, 0.3) is 0 Å². The summed E-state index contributed by atoms with van der Waals surface area (Å²) in [6, 6.07) is 6.26. The van der Waals surface area contributed by atoms with Gasteiger partial charge in [-0.3, -0.25) is 4.79 Å². The van der Waals surface area contributed by atoms with Crippen molar-refractivity contribution in [1.82, 2.24) is 9.62 Å². The number of carbonyl (C=O) groups excluding carboxylic acids is 1. The highest BCUT2D eigenvalue weighted by Gasteiger charge is 2.39. The number of carbonyl (C=O) groups is 2. The fourth-order valence-electron chi connectivity index (χ4n) is 3.07. The summed E-state index contributed by atoms with van der Waals surface area (Å²) in [6.07, 6.45) is 1.12. The zero-order valence-electron chi connectivity index (χ0n) is 15.6. The lowest BCUT2D eigenvalue weighted by atomic mass is 10.0. The van der Waals surface area contributed by atoms with E-state index >= 15 is 0 Å². The van der Waals surface area contributed by atoms with Gasteiger partial charge in [0, 0.05) is 13.1 Å². The lowest BCUT2D eigenvalue weighted by Gasteiger charge is -2.28. The molecule has 2 N–H and O–H groups in total. The number of ether oxygens (including phenoxy) is 1. The van der Waals surface area contributed by atoms with Crippen LogP contribution < -0.4 is 10.1 Å². The second kappa shape index (κ2) is 9.18. The number of carboxylic acids is 1. The van der Waals surface area contributed by atoms with E-state index in [1.54, 1.807) is 24.3 Å². The Morgan fingerprint density at radius 2 is 1.93 bits per heavy atom. The normalized spacial score (nSPS) is 17.6. The van der Waals surface area contributed by atoms with Crippen molar-refractivity contribution < 1.29 is 27.9 Å². The summed E-state index contributed by atoms with van der Waals surface area (Å²) < 4.78 is 30.7. The van der Waals surface area contributed by atoms with E-state index in [9.17, 15) is 18.0 Å². The van der Waals surface area contributed by atoms with Crippen LogP contribution in [0.25, 0.3) is 0 Å². The Hall–Kier alpha value is -2.13. The second-order valence-corrected chi connectivity index (χ2v) is 8.88. The fraction of sp³-hybridized carbons (Fsp3) is 0.556. The minimum absolute atomic E-state index is 0.0970. The van der Waals surface area contributed by atoms with E-state index in [1.807, 2.05) is 13.8 Å². The second-order valence-electron chi connectivity index (χ2n) is 6.84. The Balaban J connectivity index is 1.87. The van der Waals surface area contributed by atoms with Gasteiger partial charge in [-0.15, -0.1) is 0 Å². The van der Waals surface area contributed by atoms with E-state index < -0.39 is 28.6 Å². The van der Waals surface area contributed by atoms with Crippen molar-refractivity contribution in [2.24, 2.45) is 5.92 Å². The van der Waals surface area contributed by atoms with Crippen LogP contribution in [0, 0.1) is 5.92 Å². The van der Waals surface area contributed by atoms with E-state index in [0.717, 1.165) is 5.56 Å². The molecule has 1 unspecified atom stereocenters. The first-order valence-corrected chi connectivity index (χ1v) is 10.5. The van der Waals surface area contributed by atoms with Crippen molar-refractivity contribution >= 4 is 21.9 Å². The molecule has 9 heteroatoms. The number of sulfonamides is 1. The van der Waals surface area contributed by atoms with Crippen LogP contribution in [0.1, 0.15) is 25.8 Å². The minimum Gasteiger partial charge on any atom is -0.482 e. The molecule has 1 atom stereocenters. The van der Waals surface area contributed by atoms with Crippen LogP contribution in [0.15, 0.2) is 24.3 Å². The third-order valence-corrected chi connectivity index (χ3v) is 6.28. The van der Waals surface area contributed by atoms with E-state index in [1.165, 1.54) is 4.31 Å². The zero-order chi connectivity index (χ0) is 20.0. The van der Waals surface area contributed by atoms with Crippen molar-refractivity contribution in [3.63, 3.8) is 0 Å². The summed E-state index contributed by atoms with van der Waals surface area (Å²) in [5, 5.41) is 11.4. The van der Waals surface area contributed by atoms with Gasteiger partial charge in [0.15, 0.2) is 6.61 Å². The Morgan fingerprint density at radius 1 is 1.26 bits per heavy atom. The van der Waals surface area contributed by atoms with Crippen molar-refractivity contribution in [3.8, 4) is 5.75 Å². The van der Waals surface area contributed by atoms with Crippen LogP contribution in [0.3, 0.4) is 0 Å². The maximum Gasteiger partial charge on any atom is 0.341 e. The molecule has 150 valence electrons. The largest absolute Gasteiger partial charge is 0.482 e. The van der Waals surface area contributed by atoms with E-state index in [4.69, 9.17) is 9.84 Å². The lowest BCUT2D eigenvalue weighted by molar-refractivity contribution is -0.139. The number of amides is 1. The quantitative estimate of drug-likeness (QED) is 0.638. The van der Waals surface area contributed by atoms with Crippen molar-refractivity contribution in [2.75, 3.05) is 25.4 Å². The van der Waals surface area contributed by atoms with Crippen LogP contribution in [-0.4, -0.2) is 61.2 Å². The standard InChI is InChI=1S/C18H26N2O6S/c1-13(2)17(20-10-3-11-27(20,24)25)18(23)19-9-8-14-4-6-15(7-5-14)26-12-16(21)22/h4-7,13,17H,3,8-12H2,1-2H3,(H,19,23)(H,21,22). The molecule has 27 heavy (non-hydrogen) atoms. The maximum absolute atomic E-state index is 12.6. The summed E-state index contributed by atoms with van der Waals surface area (Å²) in [6.45, 7) is 4.05. The molecule has 0 aromatic heterocycles. The Morgan fingerprint density at radius 3 is 2.44 bits per heavy atom. The molecular weight excluding hydrogens is 372 g/mol. The Bertz CT molecular complexity index is 761. The van der Waals surface area contributed by atoms with Gasteiger partial charge in [-0.1, -0.05) is 26.0 Å². The van der Waals surface area contributed by atoms with Crippen LogP contribution >= 0.6 is 0 Å². The predicted molar refractivity (Wildman–Crippen MR) is 100 cm³/mol. The first-order valence-electron chi connectivity index (χ1n) is 8.91. The number of benzene rings is 1. The van der Waals surface area contributed by atoms with Gasteiger partial charge in [-0.2, -0.15) is 4.31 Å². The smallest absolute Gasteiger partial charge is 0.341 e. The monoisotopic (exact) mass is 398 g/mol. The molecule has 8 nitrogen and oxygen atoms in total. The SMILES string of the molecule is CC(C)C(C(=O)NCCc1ccc(OCC(=O)O)cc1)N1CCCS1(=O)=O. The summed E-state index contributed by atoms with van der Waals surface area (Å²) in [5.74, 6) is -0.883. The van der Waals surface area contributed by atoms with Gasteiger partial charge in [-0.05, 0) is 36.5 Å². The minimum atomic E-state index is -3.35. The molecule has 1 saturated heterocycles. The third-order valence-electron chi connectivity index (χ3n) is 4.35. The Kier molecular flexibility index (Phi) is 7.20. The molecule has 0 radical (unpaired) electrons. The number of hydrogen-bond donors (Lipinski definition) is 2. The van der Waals surface area contributed by atoms with E-state index in [-0.39, 0.29) is 17.6 Å². The van der Waals surface area contributed by atoms with Gasteiger partial charge >= 0.3 is 5.97 Å². The number of rotatable bonds is 9. The van der Waals surface area contributed by atoms with Crippen molar-refractivity contribution in [1.29, 1.82) is 0 Å². The highest BCUT2D eigenvalue weighted by molar-refractivity contribution is 7.89. The van der Waals surface area contributed by atoms with Gasteiger partial charge < -0.3 is 15.2 Å². The van der Waals surface area contributed by atoms with Crippen molar-refractivity contribution in [3.05, 3.63) is 29.8 Å². The first kappa shape index (κ1) is 21.2. The predicted octanol–water partition coefficient (Wildman–Crippen LogP) is 0.869. The molecule has 0 bridgehead atoms. The number of hydrogen-bond acceptors (Lipinski definition) is 5. The molecule has 1 aliphatic heterocycles. The highest BCUT2D eigenvalue weighted by atomic mass is 32.2. The third kappa shape index (κ3) is 5.93. The van der Waals surface area contributed by atoms with Crippen molar-refractivity contribution in [2.45, 2.75) is 32.7 Å². The number of carboxylic acid groups (broad SMARTS) is 1. The molecule has 0 aliphatic carbocycles. The number of nitrogens with zero attached hydrogens (tertiary/aromatic N) is 1. The highest BCUT2D eigenvalue weighted by Crippen LogP contribution is 2.22. The molecule has 1 heterocycles. The van der Waals surface area contributed by atoms with Gasteiger partial charge in [0.1, 0.15) is 11.8 Å². The molecule has 1 fully saturated rings. The summed E-state index contributed by atoms with van der Waals surface area (Å²) in [7, 11) is -3.35. The van der Waals surface area contributed by atoms with Crippen LogP contribution in [0.5, 0.6) is 5.75 Å². The van der Waals surface area contributed by atoms with Crippen LogP contribution in [0.2, 0.25) is 0 Å². The van der Waals surface area contributed by atoms with E-state index in [2.05, 4.69) is 5.32 Å². The maximum atomic E-state index is 12.6. The van der Waals surface area contributed by atoms with Gasteiger partial charge in [0.2, 0.25) is 15.9 Å². The number of aliphatic carboxylic acids is 1. The Labute approximate surface area is 159 Å². The molecular formula is C18H26N2O6S. The molecule has 1 aromatic rings. The summed E-state index contributed by atoms with van der Waals surface area (Å²) >= 11 is 0. The van der Waals surface area contributed by atoms with Crippen LogP contribution in [0.4, 0.5) is 0 Å². The molecule has 0 saturated carbocycles. The molecule has 1 amide bonds. The zero-order valence-corrected chi connectivity index (χ0v) is 16.4. The van der Waals surface area contributed by atoms with Gasteiger partial charge in [0.05, 0.1) is 5.75 Å². The molecule has 1 aromatic carbocycles. The average molecular weight is 398 g/mol. The first-order chi connectivity index (χ1) is 12.7. The molecule has 0 spiro atoms. The van der Waals surface area contributed by atoms with Crippen LogP contribution in [-0.2, 0) is 26.0 Å². The fourth-order valence-corrected chi connectivity index (χ4v) is 4.89. The van der Waals surface area contributed by atoms with Gasteiger partial charge in [-0.25, -0.2) is 13.2 Å². The molecule has 1 aliphatic rings. The topological polar surface area (TPSA) is 113 Å². The summed E-state index contributed by atoms with van der Waals surface area (Å²) in [5.41, 5.74) is 0.952. The molecule has 2 rings (SSSR count).